The first-order valence-corrected chi connectivity index (χ1v) is 6.47. The summed E-state index contributed by atoms with van der Waals surface area (Å²) in [5.41, 5.74) is 1.63. The number of rotatable bonds is 2. The second-order valence-electron chi connectivity index (χ2n) is 4.76. The monoisotopic (exact) mass is 257 g/mol. The molecule has 1 fully saturated rings. The molecular weight excluding hydrogens is 242 g/mol. The Bertz CT molecular complexity index is 614. The number of fused-ring (bicyclic) bond motifs is 1. The first-order valence-electron chi connectivity index (χ1n) is 6.47. The largest absolute Gasteiger partial charge is 0.480 e. The van der Waals surface area contributed by atoms with E-state index < -0.39 is 12.0 Å². The van der Waals surface area contributed by atoms with Gasteiger partial charge in [0.1, 0.15) is 11.9 Å². The molecule has 0 saturated carbocycles. The van der Waals surface area contributed by atoms with Crippen molar-refractivity contribution >= 4 is 22.8 Å². The molecule has 0 amide bonds. The number of para-hydroxylation sites is 2. The summed E-state index contributed by atoms with van der Waals surface area (Å²) in [5.74, 6) is -0.125. The fourth-order valence-corrected chi connectivity index (χ4v) is 2.55. The zero-order chi connectivity index (χ0) is 13.2. The predicted octanol–water partition coefficient (Wildman–Crippen LogP) is 2.07. The minimum atomic E-state index is -0.783. The van der Waals surface area contributed by atoms with Crippen molar-refractivity contribution in [1.82, 2.24) is 9.97 Å². The summed E-state index contributed by atoms with van der Waals surface area (Å²) in [6.07, 6.45) is 4.29. The molecule has 0 bridgehead atoms. The molecule has 1 aromatic heterocycles. The Balaban J connectivity index is 1.99. The molecule has 3 rings (SSSR count). The minimum Gasteiger partial charge on any atom is -0.480 e. The average Bonchev–Trinajstić information content (AvgIpc) is 2.46. The maximum Gasteiger partial charge on any atom is 0.326 e. The normalized spacial score (nSPS) is 19.6. The molecule has 0 spiro atoms. The van der Waals surface area contributed by atoms with Crippen molar-refractivity contribution in [3.8, 4) is 0 Å². The third-order valence-corrected chi connectivity index (χ3v) is 3.52. The molecule has 1 aliphatic rings. The number of carbonyl (C=O) groups is 1. The molecule has 0 radical (unpaired) electrons. The van der Waals surface area contributed by atoms with Crippen LogP contribution in [-0.4, -0.2) is 33.6 Å². The van der Waals surface area contributed by atoms with Crippen molar-refractivity contribution in [2.75, 3.05) is 11.4 Å². The highest BCUT2D eigenvalue weighted by Crippen LogP contribution is 2.24. The molecule has 1 saturated heterocycles. The van der Waals surface area contributed by atoms with Gasteiger partial charge in [0.25, 0.3) is 0 Å². The Morgan fingerprint density at radius 3 is 2.84 bits per heavy atom. The van der Waals surface area contributed by atoms with Gasteiger partial charge in [0.15, 0.2) is 0 Å². The molecule has 2 heterocycles. The molecule has 0 unspecified atom stereocenters. The summed E-state index contributed by atoms with van der Waals surface area (Å²) in [6.45, 7) is 0.726. The summed E-state index contributed by atoms with van der Waals surface area (Å²) < 4.78 is 0. The standard InChI is InChI=1S/C14H15N3O2/c18-14(19)12-7-3-4-8-17(12)13-9-15-10-5-1-2-6-11(10)16-13/h1-2,5-6,9,12H,3-4,7-8H2,(H,18,19)/t12-/m1/s1. The molecule has 19 heavy (non-hydrogen) atoms. The fraction of sp³-hybridized carbons (Fsp3) is 0.357. The average molecular weight is 257 g/mol. The van der Waals surface area contributed by atoms with Gasteiger partial charge in [-0.1, -0.05) is 12.1 Å². The van der Waals surface area contributed by atoms with E-state index in [9.17, 15) is 9.90 Å². The highest BCUT2D eigenvalue weighted by atomic mass is 16.4. The predicted molar refractivity (Wildman–Crippen MR) is 72.2 cm³/mol. The van der Waals surface area contributed by atoms with Gasteiger partial charge < -0.3 is 10.0 Å². The van der Waals surface area contributed by atoms with Crippen LogP contribution in [0.25, 0.3) is 11.0 Å². The van der Waals surface area contributed by atoms with Gasteiger partial charge in [-0.25, -0.2) is 9.78 Å². The molecule has 98 valence electrons. The maximum absolute atomic E-state index is 11.3. The van der Waals surface area contributed by atoms with Crippen molar-refractivity contribution in [2.45, 2.75) is 25.3 Å². The number of carboxylic acids is 1. The number of aliphatic carboxylic acids is 1. The smallest absolute Gasteiger partial charge is 0.326 e. The van der Waals surface area contributed by atoms with Gasteiger partial charge in [-0.15, -0.1) is 0 Å². The number of aromatic nitrogens is 2. The van der Waals surface area contributed by atoms with Crippen LogP contribution in [0.2, 0.25) is 0 Å². The van der Waals surface area contributed by atoms with Gasteiger partial charge in [-0.2, -0.15) is 0 Å². The molecule has 1 atom stereocenters. The van der Waals surface area contributed by atoms with Crippen LogP contribution in [0.5, 0.6) is 0 Å². The van der Waals surface area contributed by atoms with Crippen LogP contribution in [0, 0.1) is 0 Å². The zero-order valence-corrected chi connectivity index (χ0v) is 10.5. The molecule has 5 heteroatoms. The lowest BCUT2D eigenvalue weighted by Gasteiger charge is -2.33. The second-order valence-corrected chi connectivity index (χ2v) is 4.76. The van der Waals surface area contributed by atoms with Crippen LogP contribution in [0.15, 0.2) is 30.5 Å². The van der Waals surface area contributed by atoms with Gasteiger partial charge in [0, 0.05) is 6.54 Å². The molecule has 1 aromatic carbocycles. The van der Waals surface area contributed by atoms with Crippen LogP contribution < -0.4 is 4.90 Å². The molecule has 2 aromatic rings. The van der Waals surface area contributed by atoms with Crippen LogP contribution >= 0.6 is 0 Å². The van der Waals surface area contributed by atoms with Crippen molar-refractivity contribution in [3.63, 3.8) is 0 Å². The number of anilines is 1. The topological polar surface area (TPSA) is 66.3 Å². The summed E-state index contributed by atoms with van der Waals surface area (Å²) in [5, 5.41) is 9.29. The van der Waals surface area contributed by atoms with E-state index in [1.54, 1.807) is 6.20 Å². The summed E-state index contributed by atoms with van der Waals surface area (Å²) in [7, 11) is 0. The van der Waals surface area contributed by atoms with E-state index in [4.69, 9.17) is 0 Å². The SMILES string of the molecule is O=C(O)[C@H]1CCCCN1c1cnc2ccccc2n1. The Morgan fingerprint density at radius 2 is 2.05 bits per heavy atom. The van der Waals surface area contributed by atoms with Gasteiger partial charge >= 0.3 is 5.97 Å². The van der Waals surface area contributed by atoms with Crippen LogP contribution in [0.3, 0.4) is 0 Å². The van der Waals surface area contributed by atoms with E-state index in [2.05, 4.69) is 9.97 Å². The third kappa shape index (κ3) is 2.23. The van der Waals surface area contributed by atoms with Crippen molar-refractivity contribution in [3.05, 3.63) is 30.5 Å². The van der Waals surface area contributed by atoms with E-state index in [0.717, 1.165) is 30.4 Å². The summed E-state index contributed by atoms with van der Waals surface area (Å²) in [4.78, 5) is 22.0. The first kappa shape index (κ1) is 11.9. The zero-order valence-electron chi connectivity index (χ0n) is 10.5. The number of piperidine rings is 1. The second kappa shape index (κ2) is 4.84. The van der Waals surface area contributed by atoms with E-state index in [1.165, 1.54) is 0 Å². The van der Waals surface area contributed by atoms with E-state index in [-0.39, 0.29) is 0 Å². The quantitative estimate of drug-likeness (QED) is 0.892. The van der Waals surface area contributed by atoms with Crippen LogP contribution in [-0.2, 0) is 4.79 Å². The maximum atomic E-state index is 11.3. The third-order valence-electron chi connectivity index (χ3n) is 3.52. The Morgan fingerprint density at radius 1 is 1.26 bits per heavy atom. The lowest BCUT2D eigenvalue weighted by Crippen LogP contribution is -2.45. The van der Waals surface area contributed by atoms with Gasteiger partial charge in [0.05, 0.1) is 17.2 Å². The molecular formula is C14H15N3O2. The van der Waals surface area contributed by atoms with Crippen molar-refractivity contribution in [2.24, 2.45) is 0 Å². The Kier molecular flexibility index (Phi) is 3.03. The fourth-order valence-electron chi connectivity index (χ4n) is 2.55. The van der Waals surface area contributed by atoms with Gasteiger partial charge in [-0.05, 0) is 31.4 Å². The van der Waals surface area contributed by atoms with E-state index >= 15 is 0 Å². The van der Waals surface area contributed by atoms with Gasteiger partial charge in [0.2, 0.25) is 0 Å². The molecule has 0 aliphatic carbocycles. The number of benzene rings is 1. The lowest BCUT2D eigenvalue weighted by molar-refractivity contribution is -0.139. The number of nitrogens with zero attached hydrogens (tertiary/aromatic N) is 3. The summed E-state index contributed by atoms with van der Waals surface area (Å²) in [6, 6.07) is 7.13. The highest BCUT2D eigenvalue weighted by molar-refractivity contribution is 5.79. The molecule has 1 aliphatic heterocycles. The van der Waals surface area contributed by atoms with Gasteiger partial charge in [-0.3, -0.25) is 4.98 Å². The summed E-state index contributed by atoms with van der Waals surface area (Å²) >= 11 is 0. The van der Waals surface area contributed by atoms with E-state index in [0.29, 0.717) is 12.2 Å². The Labute approximate surface area is 110 Å². The number of hydrogen-bond acceptors (Lipinski definition) is 4. The Hall–Kier alpha value is -2.17. The number of hydrogen-bond donors (Lipinski definition) is 1. The molecule has 1 N–H and O–H groups in total. The first-order chi connectivity index (χ1) is 9.25. The lowest BCUT2D eigenvalue weighted by atomic mass is 10.0. The highest BCUT2D eigenvalue weighted by Gasteiger charge is 2.29. The van der Waals surface area contributed by atoms with Crippen molar-refractivity contribution in [1.29, 1.82) is 0 Å². The van der Waals surface area contributed by atoms with E-state index in [1.807, 2.05) is 29.2 Å². The minimum absolute atomic E-state index is 0.482. The van der Waals surface area contributed by atoms with Crippen molar-refractivity contribution < 1.29 is 9.90 Å². The van der Waals surface area contributed by atoms with Crippen LogP contribution in [0.1, 0.15) is 19.3 Å². The number of carboxylic acid groups (broad SMARTS) is 1. The van der Waals surface area contributed by atoms with Crippen LogP contribution in [0.4, 0.5) is 5.82 Å². The molecule has 5 nitrogen and oxygen atoms in total.